The summed E-state index contributed by atoms with van der Waals surface area (Å²) in [6.07, 6.45) is 0. The Morgan fingerprint density at radius 3 is 2.47 bits per heavy atom. The summed E-state index contributed by atoms with van der Waals surface area (Å²) >= 11 is 17.8. The van der Waals surface area contributed by atoms with E-state index in [4.69, 9.17) is 32.7 Å². The highest BCUT2D eigenvalue weighted by Crippen LogP contribution is 2.45. The minimum Gasteiger partial charge on any atom is -0.495 e. The van der Waals surface area contributed by atoms with Crippen molar-refractivity contribution in [3.63, 3.8) is 0 Å². The largest absolute Gasteiger partial charge is 0.495 e. The fourth-order valence-electron chi connectivity index (χ4n) is 1.75. The Kier molecular flexibility index (Phi) is 5.01. The molecule has 1 aromatic heterocycles. The fraction of sp³-hybridized carbons (Fsp3) is 0.231. The summed E-state index contributed by atoms with van der Waals surface area (Å²) in [6.45, 7) is 0. The van der Waals surface area contributed by atoms with Gasteiger partial charge in [0, 0.05) is 14.9 Å². The van der Waals surface area contributed by atoms with Crippen LogP contribution < -0.4 is 9.47 Å². The Hall–Kier alpha value is -0.420. The van der Waals surface area contributed by atoms with Gasteiger partial charge < -0.3 is 9.47 Å². The lowest BCUT2D eigenvalue weighted by molar-refractivity contribution is 0.392. The van der Waals surface area contributed by atoms with Gasteiger partial charge in [0.25, 0.3) is 0 Å². The molecular formula is C13H11BrCl2O2S. The van der Waals surface area contributed by atoms with E-state index in [0.717, 1.165) is 14.9 Å². The van der Waals surface area contributed by atoms with E-state index in [9.17, 15) is 0 Å². The molecule has 0 saturated heterocycles. The van der Waals surface area contributed by atoms with Crippen molar-refractivity contribution >= 4 is 50.5 Å². The number of rotatable bonds is 4. The van der Waals surface area contributed by atoms with Gasteiger partial charge >= 0.3 is 0 Å². The van der Waals surface area contributed by atoms with Gasteiger partial charge in [-0.3, -0.25) is 0 Å². The maximum atomic E-state index is 6.53. The van der Waals surface area contributed by atoms with E-state index in [0.29, 0.717) is 16.5 Å². The Morgan fingerprint density at radius 1 is 1.21 bits per heavy atom. The predicted molar refractivity (Wildman–Crippen MR) is 84.3 cm³/mol. The summed E-state index contributed by atoms with van der Waals surface area (Å²) in [7, 11) is 3.13. The lowest BCUT2D eigenvalue weighted by Gasteiger charge is -2.16. The zero-order valence-corrected chi connectivity index (χ0v) is 14.2. The molecule has 1 heterocycles. The van der Waals surface area contributed by atoms with Crippen LogP contribution in [0.4, 0.5) is 0 Å². The highest BCUT2D eigenvalue weighted by atomic mass is 79.9. The highest BCUT2D eigenvalue weighted by Gasteiger charge is 2.22. The lowest BCUT2D eigenvalue weighted by atomic mass is 10.1. The normalized spacial score (nSPS) is 12.3. The third kappa shape index (κ3) is 2.87. The molecule has 0 fully saturated rings. The molecule has 0 aliphatic rings. The topological polar surface area (TPSA) is 18.5 Å². The third-order valence-corrected chi connectivity index (χ3v) is 5.54. The Balaban J connectivity index is 2.51. The maximum absolute atomic E-state index is 6.53. The average Bonchev–Trinajstić information content (AvgIpc) is 2.83. The van der Waals surface area contributed by atoms with Gasteiger partial charge in [0.2, 0.25) is 0 Å². The molecule has 0 N–H and O–H groups in total. The van der Waals surface area contributed by atoms with Crippen LogP contribution in [0.5, 0.6) is 11.5 Å². The number of benzene rings is 1. The molecular weight excluding hydrogens is 371 g/mol. The Labute approximate surface area is 134 Å². The van der Waals surface area contributed by atoms with Crippen molar-refractivity contribution in [1.82, 2.24) is 0 Å². The summed E-state index contributed by atoms with van der Waals surface area (Å²) in [5, 5.41) is 2.08. The summed E-state index contributed by atoms with van der Waals surface area (Å²) in [5.74, 6) is 1.11. The van der Waals surface area contributed by atoms with E-state index in [-0.39, 0.29) is 5.38 Å². The van der Waals surface area contributed by atoms with Crippen molar-refractivity contribution in [2.45, 2.75) is 5.38 Å². The molecule has 0 saturated carbocycles. The van der Waals surface area contributed by atoms with E-state index in [2.05, 4.69) is 15.9 Å². The van der Waals surface area contributed by atoms with E-state index < -0.39 is 0 Å². The number of hydrogen-bond donors (Lipinski definition) is 0. The molecule has 1 atom stereocenters. The molecule has 102 valence electrons. The van der Waals surface area contributed by atoms with Crippen LogP contribution >= 0.6 is 50.5 Å². The number of alkyl halides is 1. The fourth-order valence-corrected chi connectivity index (χ4v) is 4.24. The van der Waals surface area contributed by atoms with Crippen molar-refractivity contribution in [2.24, 2.45) is 0 Å². The second kappa shape index (κ2) is 6.35. The first kappa shape index (κ1) is 15.0. The molecule has 0 aliphatic heterocycles. The molecule has 1 aromatic carbocycles. The lowest BCUT2D eigenvalue weighted by Crippen LogP contribution is -1.98. The molecule has 1 unspecified atom stereocenters. The van der Waals surface area contributed by atoms with Crippen molar-refractivity contribution in [3.05, 3.63) is 43.5 Å². The molecule has 0 amide bonds. The highest BCUT2D eigenvalue weighted by molar-refractivity contribution is 9.10. The molecule has 0 bridgehead atoms. The average molecular weight is 382 g/mol. The van der Waals surface area contributed by atoms with Crippen molar-refractivity contribution in [3.8, 4) is 11.5 Å². The van der Waals surface area contributed by atoms with E-state index in [1.807, 2.05) is 17.5 Å². The summed E-state index contributed by atoms with van der Waals surface area (Å²) in [5.41, 5.74) is 0.818. The Morgan fingerprint density at radius 2 is 1.95 bits per heavy atom. The zero-order valence-electron chi connectivity index (χ0n) is 10.2. The van der Waals surface area contributed by atoms with Crippen LogP contribution in [0.3, 0.4) is 0 Å². The van der Waals surface area contributed by atoms with Crippen LogP contribution in [0.2, 0.25) is 5.02 Å². The molecule has 0 spiro atoms. The molecule has 6 heteroatoms. The molecule has 2 nitrogen and oxygen atoms in total. The first-order valence-corrected chi connectivity index (χ1v) is 7.86. The van der Waals surface area contributed by atoms with Gasteiger partial charge in [-0.2, -0.15) is 0 Å². The number of methoxy groups -OCH3 is 2. The van der Waals surface area contributed by atoms with Crippen LogP contribution in [0.1, 0.15) is 15.8 Å². The number of thiophene rings is 1. The standard InChI is InChI=1S/C13H11BrCl2O2S/c1-17-9-4-3-7(12(18-2)11(9)16)10(15)13-8(14)5-6-19-13/h3-6,10H,1-2H3. The summed E-state index contributed by atoms with van der Waals surface area (Å²) in [6, 6.07) is 5.62. The van der Waals surface area contributed by atoms with Crippen molar-refractivity contribution < 1.29 is 9.47 Å². The third-order valence-electron chi connectivity index (χ3n) is 2.66. The van der Waals surface area contributed by atoms with Gasteiger partial charge in [0.05, 0.1) is 19.6 Å². The summed E-state index contributed by atoms with van der Waals surface area (Å²) in [4.78, 5) is 1.02. The SMILES string of the molecule is COc1ccc(C(Cl)c2sccc2Br)c(OC)c1Cl. The minimum absolute atomic E-state index is 0.326. The van der Waals surface area contributed by atoms with Gasteiger partial charge in [-0.15, -0.1) is 22.9 Å². The first-order valence-electron chi connectivity index (χ1n) is 5.37. The Bertz CT molecular complexity index is 586. The number of ether oxygens (including phenoxy) is 2. The molecule has 2 aromatic rings. The summed E-state index contributed by atoms with van der Waals surface area (Å²) < 4.78 is 11.5. The first-order chi connectivity index (χ1) is 9.10. The zero-order chi connectivity index (χ0) is 14.0. The molecule has 19 heavy (non-hydrogen) atoms. The van der Waals surface area contributed by atoms with Crippen LogP contribution in [0.25, 0.3) is 0 Å². The second-order valence-electron chi connectivity index (χ2n) is 3.70. The minimum atomic E-state index is -0.326. The van der Waals surface area contributed by atoms with Crippen LogP contribution in [-0.4, -0.2) is 14.2 Å². The number of halogens is 3. The van der Waals surface area contributed by atoms with Gasteiger partial charge in [-0.25, -0.2) is 0 Å². The molecule has 2 rings (SSSR count). The van der Waals surface area contributed by atoms with E-state index >= 15 is 0 Å². The van der Waals surface area contributed by atoms with Crippen molar-refractivity contribution in [1.29, 1.82) is 0 Å². The quantitative estimate of drug-likeness (QED) is 0.650. The van der Waals surface area contributed by atoms with Gasteiger partial charge in [-0.05, 0) is 39.5 Å². The smallest absolute Gasteiger partial charge is 0.146 e. The van der Waals surface area contributed by atoms with Crippen LogP contribution in [0, 0.1) is 0 Å². The predicted octanol–water partition coefficient (Wildman–Crippen LogP) is 5.51. The van der Waals surface area contributed by atoms with Gasteiger partial charge in [0.1, 0.15) is 16.5 Å². The van der Waals surface area contributed by atoms with Gasteiger partial charge in [0.15, 0.2) is 0 Å². The van der Waals surface area contributed by atoms with Crippen LogP contribution in [-0.2, 0) is 0 Å². The van der Waals surface area contributed by atoms with Crippen molar-refractivity contribution in [2.75, 3.05) is 14.2 Å². The molecule has 0 radical (unpaired) electrons. The number of hydrogen-bond acceptors (Lipinski definition) is 3. The van der Waals surface area contributed by atoms with E-state index in [1.165, 1.54) is 0 Å². The molecule has 0 aliphatic carbocycles. The monoisotopic (exact) mass is 380 g/mol. The van der Waals surface area contributed by atoms with Crippen LogP contribution in [0.15, 0.2) is 28.1 Å². The maximum Gasteiger partial charge on any atom is 0.146 e. The van der Waals surface area contributed by atoms with Gasteiger partial charge in [-0.1, -0.05) is 11.6 Å². The second-order valence-corrected chi connectivity index (χ2v) is 6.32. The van der Waals surface area contributed by atoms with E-state index in [1.54, 1.807) is 31.6 Å².